The minimum Gasteiger partial charge on any atom is -0.379 e. The maximum atomic E-state index is 13.6. The highest BCUT2D eigenvalue weighted by Gasteiger charge is 2.21. The molecule has 0 bridgehead atoms. The van der Waals surface area contributed by atoms with Gasteiger partial charge in [0.15, 0.2) is 0 Å². The molecule has 114 valence electrons. The second-order valence-corrected chi connectivity index (χ2v) is 7.02. The van der Waals surface area contributed by atoms with E-state index in [0.29, 0.717) is 23.1 Å². The summed E-state index contributed by atoms with van der Waals surface area (Å²) in [5.74, 6) is 1.18. The van der Waals surface area contributed by atoms with E-state index in [2.05, 4.69) is 20.9 Å². The number of hydrogen-bond acceptors (Lipinski definition) is 2. The number of nitrogens with zero attached hydrogens (tertiary/aromatic N) is 2. The lowest BCUT2D eigenvalue weighted by atomic mass is 10.3. The molecule has 3 nitrogen and oxygen atoms in total. The van der Waals surface area contributed by atoms with E-state index < -0.39 is 0 Å². The highest BCUT2D eigenvalue weighted by atomic mass is 79.9. The molecule has 3 rings (SSSR count). The fourth-order valence-electron chi connectivity index (χ4n) is 2.37. The summed E-state index contributed by atoms with van der Waals surface area (Å²) in [7, 11) is 0. The molecule has 0 saturated heterocycles. The molecule has 1 atom stereocenters. The number of alkyl halides is 1. The first-order valence-corrected chi connectivity index (χ1v) is 8.36. The normalized spacial score (nSPS) is 16.6. The van der Waals surface area contributed by atoms with Crippen LogP contribution < -0.4 is 0 Å². The van der Waals surface area contributed by atoms with Gasteiger partial charge in [-0.2, -0.15) is 0 Å². The van der Waals surface area contributed by atoms with Gasteiger partial charge in [-0.1, -0.05) is 0 Å². The van der Waals surface area contributed by atoms with Crippen molar-refractivity contribution in [1.82, 2.24) is 9.55 Å². The Morgan fingerprint density at radius 2 is 2.29 bits per heavy atom. The number of ether oxygens (including phenoxy) is 1. The van der Waals surface area contributed by atoms with Crippen LogP contribution in [0.3, 0.4) is 0 Å². The first-order valence-electron chi connectivity index (χ1n) is 7.13. The van der Waals surface area contributed by atoms with Gasteiger partial charge in [0.2, 0.25) is 0 Å². The summed E-state index contributed by atoms with van der Waals surface area (Å²) >= 11 is 9.43. The molecule has 1 heterocycles. The Morgan fingerprint density at radius 1 is 1.52 bits per heavy atom. The molecular formula is C15H17BrClFN2O. The van der Waals surface area contributed by atoms with Gasteiger partial charge in [-0.3, -0.25) is 0 Å². The van der Waals surface area contributed by atoms with E-state index in [9.17, 15) is 4.39 Å². The summed E-state index contributed by atoms with van der Waals surface area (Å²) < 4.78 is 21.8. The van der Waals surface area contributed by atoms with Crippen LogP contribution in [-0.4, -0.2) is 22.8 Å². The lowest BCUT2D eigenvalue weighted by Gasteiger charge is -2.11. The van der Waals surface area contributed by atoms with Gasteiger partial charge in [0.05, 0.1) is 27.5 Å². The fourth-order valence-corrected chi connectivity index (χ4v) is 2.87. The number of rotatable bonds is 6. The molecule has 0 radical (unpaired) electrons. The quantitative estimate of drug-likeness (QED) is 0.542. The molecule has 1 saturated carbocycles. The smallest absolute Gasteiger partial charge is 0.139 e. The highest BCUT2D eigenvalue weighted by molar-refractivity contribution is 9.10. The van der Waals surface area contributed by atoms with Gasteiger partial charge in [0.1, 0.15) is 11.6 Å². The van der Waals surface area contributed by atoms with Gasteiger partial charge in [-0.25, -0.2) is 9.37 Å². The molecule has 2 aromatic rings. The zero-order chi connectivity index (χ0) is 15.0. The molecule has 1 aliphatic rings. The van der Waals surface area contributed by atoms with Crippen molar-refractivity contribution in [2.45, 2.75) is 31.7 Å². The average molecular weight is 376 g/mol. The summed E-state index contributed by atoms with van der Waals surface area (Å²) in [4.78, 5) is 4.45. The van der Waals surface area contributed by atoms with Crippen molar-refractivity contribution < 1.29 is 9.13 Å². The van der Waals surface area contributed by atoms with Gasteiger partial charge in [-0.05, 0) is 47.7 Å². The van der Waals surface area contributed by atoms with E-state index in [1.54, 1.807) is 6.07 Å². The molecule has 1 aromatic heterocycles. The molecule has 0 amide bonds. The largest absolute Gasteiger partial charge is 0.379 e. The van der Waals surface area contributed by atoms with Gasteiger partial charge in [-0.15, -0.1) is 11.6 Å². The Bertz CT molecular complexity index is 655. The van der Waals surface area contributed by atoms with Gasteiger partial charge < -0.3 is 9.30 Å². The Balaban J connectivity index is 1.85. The van der Waals surface area contributed by atoms with Gasteiger partial charge in [0.25, 0.3) is 0 Å². The van der Waals surface area contributed by atoms with Crippen molar-refractivity contribution in [3.05, 3.63) is 28.2 Å². The predicted octanol–water partition coefficient (Wildman–Crippen LogP) is 4.66. The number of hydrogen-bond donors (Lipinski definition) is 0. The highest BCUT2D eigenvalue weighted by Crippen LogP contribution is 2.30. The lowest BCUT2D eigenvalue weighted by molar-refractivity contribution is 0.117. The number of aromatic nitrogens is 2. The van der Waals surface area contributed by atoms with E-state index >= 15 is 0 Å². The molecule has 1 fully saturated rings. The van der Waals surface area contributed by atoms with E-state index in [4.69, 9.17) is 16.3 Å². The van der Waals surface area contributed by atoms with Gasteiger partial charge in [0, 0.05) is 19.2 Å². The number of halogens is 3. The molecule has 21 heavy (non-hydrogen) atoms. The minimum atomic E-state index is -0.314. The van der Waals surface area contributed by atoms with Crippen LogP contribution in [0.15, 0.2) is 16.6 Å². The van der Waals surface area contributed by atoms with Crippen LogP contribution in [0.2, 0.25) is 0 Å². The fraction of sp³-hybridized carbons (Fsp3) is 0.533. The van der Waals surface area contributed by atoms with Crippen LogP contribution >= 0.6 is 27.5 Å². The third-order valence-electron chi connectivity index (χ3n) is 3.69. The Morgan fingerprint density at radius 3 is 2.95 bits per heavy atom. The standard InChI is InChI=1S/C15H17BrClFN2O/c1-9(17)15-19-13-7-12(18)11(16)6-14(13)20(15)4-5-21-8-10-2-3-10/h6-7,9-10H,2-5,8H2,1H3. The molecule has 1 aromatic carbocycles. The molecular weight excluding hydrogens is 359 g/mol. The van der Waals surface area contributed by atoms with Crippen molar-refractivity contribution >= 4 is 38.6 Å². The Hall–Kier alpha value is -0.650. The summed E-state index contributed by atoms with van der Waals surface area (Å²) in [6.45, 7) is 3.99. The first kappa shape index (κ1) is 15.3. The summed E-state index contributed by atoms with van der Waals surface area (Å²) in [6, 6.07) is 3.19. The minimum absolute atomic E-state index is 0.234. The first-order chi connectivity index (χ1) is 10.1. The summed E-state index contributed by atoms with van der Waals surface area (Å²) in [5.41, 5.74) is 1.50. The van der Waals surface area contributed by atoms with E-state index in [1.165, 1.54) is 18.9 Å². The number of fused-ring (bicyclic) bond motifs is 1. The van der Waals surface area contributed by atoms with Crippen LogP contribution in [0.25, 0.3) is 11.0 Å². The maximum absolute atomic E-state index is 13.6. The van der Waals surface area contributed by atoms with Crippen molar-refractivity contribution in [1.29, 1.82) is 0 Å². The molecule has 0 spiro atoms. The van der Waals surface area contributed by atoms with Crippen LogP contribution in [0.4, 0.5) is 4.39 Å². The topological polar surface area (TPSA) is 27.1 Å². The van der Waals surface area contributed by atoms with Crippen LogP contribution in [0, 0.1) is 11.7 Å². The monoisotopic (exact) mass is 374 g/mol. The summed E-state index contributed by atoms with van der Waals surface area (Å²) in [6.07, 6.45) is 2.56. The van der Waals surface area contributed by atoms with Crippen LogP contribution in [0.1, 0.15) is 31.0 Å². The summed E-state index contributed by atoms with van der Waals surface area (Å²) in [5, 5.41) is -0.234. The van der Waals surface area contributed by atoms with Crippen molar-refractivity contribution in [2.24, 2.45) is 5.92 Å². The Kier molecular flexibility index (Phi) is 4.52. The molecule has 0 aliphatic heterocycles. The van der Waals surface area contributed by atoms with Gasteiger partial charge >= 0.3 is 0 Å². The van der Waals surface area contributed by atoms with Crippen molar-refractivity contribution in [3.8, 4) is 0 Å². The average Bonchev–Trinajstić information content (AvgIpc) is 3.19. The number of benzene rings is 1. The van der Waals surface area contributed by atoms with Crippen LogP contribution in [0.5, 0.6) is 0 Å². The second-order valence-electron chi connectivity index (χ2n) is 5.51. The SMILES string of the molecule is CC(Cl)c1nc2cc(F)c(Br)cc2n1CCOCC1CC1. The van der Waals surface area contributed by atoms with E-state index in [0.717, 1.165) is 23.9 Å². The molecule has 1 unspecified atom stereocenters. The third kappa shape index (κ3) is 3.41. The number of imidazole rings is 1. The zero-order valence-corrected chi connectivity index (χ0v) is 14.1. The third-order valence-corrected chi connectivity index (χ3v) is 4.49. The van der Waals surface area contributed by atoms with E-state index in [1.807, 2.05) is 11.5 Å². The maximum Gasteiger partial charge on any atom is 0.139 e. The lowest BCUT2D eigenvalue weighted by Crippen LogP contribution is -2.11. The van der Waals surface area contributed by atoms with E-state index in [-0.39, 0.29) is 11.2 Å². The molecule has 0 N–H and O–H groups in total. The molecule has 6 heteroatoms. The second kappa shape index (κ2) is 6.23. The van der Waals surface area contributed by atoms with Crippen LogP contribution in [-0.2, 0) is 11.3 Å². The van der Waals surface area contributed by atoms with Crippen molar-refractivity contribution in [2.75, 3.05) is 13.2 Å². The Labute approximate surface area is 136 Å². The van der Waals surface area contributed by atoms with Crippen molar-refractivity contribution in [3.63, 3.8) is 0 Å². The predicted molar refractivity (Wildman–Crippen MR) is 85.2 cm³/mol. The zero-order valence-electron chi connectivity index (χ0n) is 11.8. The molecule has 1 aliphatic carbocycles.